The lowest BCUT2D eigenvalue weighted by molar-refractivity contribution is 0.318. The minimum atomic E-state index is -0.394. The number of benzene rings is 1. The van der Waals surface area contributed by atoms with Crippen LogP contribution >= 0.6 is 0 Å². The Hall–Kier alpha value is -2.41. The number of oxime groups is 1. The van der Waals surface area contributed by atoms with E-state index in [0.29, 0.717) is 24.2 Å². The Bertz CT molecular complexity index is 665. The van der Waals surface area contributed by atoms with E-state index in [9.17, 15) is 4.39 Å². The fourth-order valence-electron chi connectivity index (χ4n) is 1.96. The predicted octanol–water partition coefficient (Wildman–Crippen LogP) is 1.25. The fourth-order valence-corrected chi connectivity index (χ4v) is 1.96. The van der Waals surface area contributed by atoms with Gasteiger partial charge in [-0.25, -0.2) is 4.39 Å². The number of hydrogen-bond donors (Lipinski definition) is 3. The molecule has 2 rings (SSSR count). The summed E-state index contributed by atoms with van der Waals surface area (Å²) in [5, 5.41) is 18.7. The fraction of sp³-hybridized carbons (Fsp3) is 0.286. The normalized spacial score (nSPS) is 11.9. The van der Waals surface area contributed by atoms with Crippen LogP contribution in [0.2, 0.25) is 0 Å². The van der Waals surface area contributed by atoms with Crippen molar-refractivity contribution in [2.45, 2.75) is 20.0 Å². The van der Waals surface area contributed by atoms with Gasteiger partial charge in [-0.3, -0.25) is 4.68 Å². The van der Waals surface area contributed by atoms with Gasteiger partial charge in [0.15, 0.2) is 5.84 Å². The highest BCUT2D eigenvalue weighted by Gasteiger charge is 2.07. The molecule has 2 aromatic rings. The van der Waals surface area contributed by atoms with Gasteiger partial charge in [0.05, 0.1) is 6.20 Å². The lowest BCUT2D eigenvalue weighted by atomic mass is 10.1. The summed E-state index contributed by atoms with van der Waals surface area (Å²) in [5.41, 5.74) is 8.43. The van der Waals surface area contributed by atoms with E-state index in [-0.39, 0.29) is 5.84 Å². The second-order valence-corrected chi connectivity index (χ2v) is 4.77. The Labute approximate surface area is 122 Å². The molecular weight excluding hydrogens is 273 g/mol. The summed E-state index contributed by atoms with van der Waals surface area (Å²) >= 11 is 0. The minimum Gasteiger partial charge on any atom is -0.409 e. The predicted molar refractivity (Wildman–Crippen MR) is 77.4 cm³/mol. The molecule has 0 fully saturated rings. The zero-order chi connectivity index (χ0) is 15.4. The highest BCUT2D eigenvalue weighted by molar-refractivity contribution is 5.97. The van der Waals surface area contributed by atoms with Crippen molar-refractivity contribution >= 4 is 5.84 Å². The smallest absolute Gasteiger partial charge is 0.170 e. The number of halogens is 1. The largest absolute Gasteiger partial charge is 0.409 e. The third-order valence-corrected chi connectivity index (χ3v) is 3.42. The van der Waals surface area contributed by atoms with Gasteiger partial charge in [-0.05, 0) is 13.0 Å². The number of aryl methyl sites for hydroxylation is 1. The van der Waals surface area contributed by atoms with Gasteiger partial charge < -0.3 is 16.3 Å². The molecule has 6 nitrogen and oxygen atoms in total. The molecule has 4 N–H and O–H groups in total. The number of amidine groups is 1. The van der Waals surface area contributed by atoms with Gasteiger partial charge in [-0.1, -0.05) is 17.3 Å². The van der Waals surface area contributed by atoms with Crippen molar-refractivity contribution in [1.82, 2.24) is 15.1 Å². The third kappa shape index (κ3) is 3.38. The van der Waals surface area contributed by atoms with Crippen LogP contribution in [0.15, 0.2) is 29.6 Å². The van der Waals surface area contributed by atoms with Crippen molar-refractivity contribution < 1.29 is 9.60 Å². The summed E-state index contributed by atoms with van der Waals surface area (Å²) < 4.78 is 15.7. The Morgan fingerprint density at radius 2 is 2.14 bits per heavy atom. The average Bonchev–Trinajstić information content (AvgIpc) is 2.80. The van der Waals surface area contributed by atoms with E-state index in [1.54, 1.807) is 23.0 Å². The average molecular weight is 291 g/mol. The lowest BCUT2D eigenvalue weighted by Crippen LogP contribution is -2.16. The van der Waals surface area contributed by atoms with Crippen LogP contribution in [0.3, 0.4) is 0 Å². The molecule has 7 heteroatoms. The van der Waals surface area contributed by atoms with E-state index >= 15 is 0 Å². The van der Waals surface area contributed by atoms with E-state index in [1.165, 1.54) is 6.07 Å². The molecule has 1 aromatic heterocycles. The van der Waals surface area contributed by atoms with Crippen LogP contribution in [-0.2, 0) is 20.1 Å². The maximum Gasteiger partial charge on any atom is 0.170 e. The number of nitrogens with one attached hydrogen (secondary N) is 1. The van der Waals surface area contributed by atoms with Crippen LogP contribution in [-0.4, -0.2) is 20.8 Å². The van der Waals surface area contributed by atoms with Crippen LogP contribution in [0.1, 0.15) is 22.4 Å². The Kier molecular flexibility index (Phi) is 4.54. The number of hydrogen-bond acceptors (Lipinski definition) is 4. The maximum atomic E-state index is 13.9. The molecular formula is C14H18FN5O. The molecule has 1 heterocycles. The summed E-state index contributed by atoms with van der Waals surface area (Å²) in [5.74, 6) is -0.506. The van der Waals surface area contributed by atoms with E-state index in [4.69, 9.17) is 10.9 Å². The first-order chi connectivity index (χ1) is 10.0. The van der Waals surface area contributed by atoms with Gasteiger partial charge in [-0.2, -0.15) is 5.10 Å². The molecule has 0 atom stereocenters. The quantitative estimate of drug-likeness (QED) is 0.335. The van der Waals surface area contributed by atoms with Gasteiger partial charge in [-0.15, -0.1) is 0 Å². The van der Waals surface area contributed by atoms with E-state index in [2.05, 4.69) is 15.6 Å². The number of rotatable bonds is 5. The van der Waals surface area contributed by atoms with Crippen molar-refractivity contribution in [3.63, 3.8) is 0 Å². The molecule has 0 aliphatic heterocycles. The number of nitrogens with zero attached hydrogens (tertiary/aromatic N) is 3. The van der Waals surface area contributed by atoms with Gasteiger partial charge in [0.25, 0.3) is 0 Å². The van der Waals surface area contributed by atoms with E-state index < -0.39 is 5.82 Å². The van der Waals surface area contributed by atoms with Gasteiger partial charge in [0.1, 0.15) is 5.82 Å². The molecule has 0 amide bonds. The monoisotopic (exact) mass is 291 g/mol. The van der Waals surface area contributed by atoms with Crippen molar-refractivity contribution in [3.05, 3.63) is 52.6 Å². The SMILES string of the molecule is Cc1c(CNCc2ccc(/C(N)=N/O)cc2F)cnn1C. The maximum absolute atomic E-state index is 13.9. The Morgan fingerprint density at radius 1 is 1.43 bits per heavy atom. The van der Waals surface area contributed by atoms with Crippen LogP contribution in [0, 0.1) is 12.7 Å². The molecule has 0 aliphatic rings. The topological polar surface area (TPSA) is 88.5 Å². The van der Waals surface area contributed by atoms with Crippen molar-refractivity contribution in [2.75, 3.05) is 0 Å². The first-order valence-corrected chi connectivity index (χ1v) is 6.47. The van der Waals surface area contributed by atoms with Crippen molar-refractivity contribution in [1.29, 1.82) is 0 Å². The highest BCUT2D eigenvalue weighted by Crippen LogP contribution is 2.11. The standard InChI is InChI=1S/C14H18FN5O/c1-9-12(8-18-20(9)2)7-17-6-11-4-3-10(5-13(11)15)14(16)19-21/h3-5,8,17,21H,6-7H2,1-2H3,(H2,16,19). The van der Waals surface area contributed by atoms with E-state index in [1.807, 2.05) is 14.0 Å². The van der Waals surface area contributed by atoms with E-state index in [0.717, 1.165) is 11.3 Å². The molecule has 21 heavy (non-hydrogen) atoms. The van der Waals surface area contributed by atoms with Crippen molar-refractivity contribution in [2.24, 2.45) is 17.9 Å². The summed E-state index contributed by atoms with van der Waals surface area (Å²) in [7, 11) is 1.88. The van der Waals surface area contributed by atoms with Crippen LogP contribution in [0.25, 0.3) is 0 Å². The molecule has 0 spiro atoms. The van der Waals surface area contributed by atoms with Crippen LogP contribution in [0.4, 0.5) is 4.39 Å². The summed E-state index contributed by atoms with van der Waals surface area (Å²) in [4.78, 5) is 0. The first kappa shape index (κ1) is 15.0. The molecule has 0 saturated carbocycles. The number of nitrogens with two attached hydrogens (primary N) is 1. The summed E-state index contributed by atoms with van der Waals surface area (Å²) in [6.45, 7) is 2.98. The third-order valence-electron chi connectivity index (χ3n) is 3.42. The minimum absolute atomic E-state index is 0.112. The number of aromatic nitrogens is 2. The second kappa shape index (κ2) is 6.36. The Balaban J connectivity index is 1.99. The molecule has 1 aromatic carbocycles. The van der Waals surface area contributed by atoms with Crippen LogP contribution < -0.4 is 11.1 Å². The Morgan fingerprint density at radius 3 is 2.71 bits per heavy atom. The second-order valence-electron chi connectivity index (χ2n) is 4.77. The molecule has 0 unspecified atom stereocenters. The van der Waals surface area contributed by atoms with Crippen molar-refractivity contribution in [3.8, 4) is 0 Å². The lowest BCUT2D eigenvalue weighted by Gasteiger charge is -2.07. The van der Waals surface area contributed by atoms with Gasteiger partial charge in [0, 0.05) is 42.5 Å². The molecule has 0 radical (unpaired) electrons. The molecule has 112 valence electrons. The summed E-state index contributed by atoms with van der Waals surface area (Å²) in [6.07, 6.45) is 1.79. The zero-order valence-electron chi connectivity index (χ0n) is 12.0. The van der Waals surface area contributed by atoms with Gasteiger partial charge in [0.2, 0.25) is 0 Å². The van der Waals surface area contributed by atoms with Gasteiger partial charge >= 0.3 is 0 Å². The molecule has 0 aliphatic carbocycles. The zero-order valence-corrected chi connectivity index (χ0v) is 12.0. The summed E-state index contributed by atoms with van der Waals surface area (Å²) in [6, 6.07) is 4.48. The highest BCUT2D eigenvalue weighted by atomic mass is 19.1. The first-order valence-electron chi connectivity index (χ1n) is 6.47. The molecule has 0 saturated heterocycles. The van der Waals surface area contributed by atoms with Crippen LogP contribution in [0.5, 0.6) is 0 Å². The molecule has 0 bridgehead atoms.